The van der Waals surface area contributed by atoms with Gasteiger partial charge < -0.3 is 15.4 Å². The molecule has 0 bridgehead atoms. The van der Waals surface area contributed by atoms with E-state index >= 15 is 0 Å². The van der Waals surface area contributed by atoms with Crippen LogP contribution in [0.4, 0.5) is 11.4 Å². The van der Waals surface area contributed by atoms with Gasteiger partial charge in [-0.05, 0) is 67.8 Å². The fraction of sp³-hybridized carbons (Fsp3) is 0.148. The maximum absolute atomic E-state index is 12.5. The highest BCUT2D eigenvalue weighted by Gasteiger charge is 2.11. The van der Waals surface area contributed by atoms with Gasteiger partial charge in [-0.2, -0.15) is 5.26 Å². The van der Waals surface area contributed by atoms with Crippen molar-refractivity contribution in [3.63, 3.8) is 0 Å². The molecule has 3 rings (SSSR count). The van der Waals surface area contributed by atoms with Crippen molar-refractivity contribution in [3.05, 3.63) is 94.6 Å². The summed E-state index contributed by atoms with van der Waals surface area (Å²) in [6.07, 6.45) is 1.48. The second-order valence-corrected chi connectivity index (χ2v) is 7.67. The number of para-hydroxylation sites is 1. The van der Waals surface area contributed by atoms with E-state index in [1.165, 1.54) is 6.08 Å². The second-order valence-electron chi connectivity index (χ2n) is 7.67. The monoisotopic (exact) mass is 439 g/mol. The van der Waals surface area contributed by atoms with Gasteiger partial charge in [0.2, 0.25) is 0 Å². The van der Waals surface area contributed by atoms with Crippen molar-refractivity contribution in [2.24, 2.45) is 0 Å². The lowest BCUT2D eigenvalue weighted by Gasteiger charge is -2.11. The van der Waals surface area contributed by atoms with E-state index in [0.717, 1.165) is 22.4 Å². The van der Waals surface area contributed by atoms with Gasteiger partial charge in [0, 0.05) is 11.4 Å². The third-order valence-corrected chi connectivity index (χ3v) is 4.95. The summed E-state index contributed by atoms with van der Waals surface area (Å²) in [7, 11) is 0. The first kappa shape index (κ1) is 23.3. The standard InChI is InChI=1S/C27H25N3O3/c1-18-11-12-25(20(3)13-18)29-26(31)17-33-23-9-6-8-21(15-23)14-22(16-28)27(32)30-24-10-5-4-7-19(24)2/h4-15H,17H2,1-3H3,(H,29,31)(H,30,32)/b22-14-. The minimum atomic E-state index is -0.494. The number of ether oxygens (including phenoxy) is 1. The van der Waals surface area contributed by atoms with Crippen LogP contribution in [0.2, 0.25) is 0 Å². The number of aryl methyl sites for hydroxylation is 3. The number of rotatable bonds is 7. The van der Waals surface area contributed by atoms with Gasteiger partial charge in [0.15, 0.2) is 6.61 Å². The topological polar surface area (TPSA) is 91.2 Å². The van der Waals surface area contributed by atoms with Crippen LogP contribution in [0.5, 0.6) is 5.75 Å². The predicted octanol–water partition coefficient (Wildman–Crippen LogP) is 5.18. The van der Waals surface area contributed by atoms with Crippen molar-refractivity contribution in [3.8, 4) is 11.8 Å². The maximum Gasteiger partial charge on any atom is 0.266 e. The Kier molecular flexibility index (Phi) is 7.61. The highest BCUT2D eigenvalue weighted by Crippen LogP contribution is 2.19. The summed E-state index contributed by atoms with van der Waals surface area (Å²) in [5, 5.41) is 15.1. The van der Waals surface area contributed by atoms with Gasteiger partial charge in [-0.25, -0.2) is 0 Å². The molecule has 3 aromatic carbocycles. The molecule has 0 fully saturated rings. The molecule has 6 heteroatoms. The van der Waals surface area contributed by atoms with E-state index in [4.69, 9.17) is 4.74 Å². The molecule has 0 atom stereocenters. The minimum Gasteiger partial charge on any atom is -0.484 e. The van der Waals surface area contributed by atoms with Gasteiger partial charge >= 0.3 is 0 Å². The maximum atomic E-state index is 12.5. The molecule has 0 aliphatic heterocycles. The number of nitrogens with zero attached hydrogens (tertiary/aromatic N) is 1. The van der Waals surface area contributed by atoms with E-state index in [9.17, 15) is 14.9 Å². The summed E-state index contributed by atoms with van der Waals surface area (Å²) in [4.78, 5) is 24.8. The molecule has 0 aromatic heterocycles. The molecule has 33 heavy (non-hydrogen) atoms. The molecule has 6 nitrogen and oxygen atoms in total. The fourth-order valence-electron chi connectivity index (χ4n) is 3.20. The van der Waals surface area contributed by atoms with Crippen molar-refractivity contribution < 1.29 is 14.3 Å². The van der Waals surface area contributed by atoms with E-state index in [1.807, 2.05) is 63.2 Å². The summed E-state index contributed by atoms with van der Waals surface area (Å²) in [5.41, 5.74) is 4.96. The number of nitrogens with one attached hydrogen (secondary N) is 2. The van der Waals surface area contributed by atoms with E-state index in [2.05, 4.69) is 10.6 Å². The van der Waals surface area contributed by atoms with Crippen LogP contribution in [0.15, 0.2) is 72.3 Å². The van der Waals surface area contributed by atoms with E-state index in [-0.39, 0.29) is 18.1 Å². The minimum absolute atomic E-state index is 0.0389. The number of carbonyl (C=O) groups is 2. The van der Waals surface area contributed by atoms with E-state index < -0.39 is 5.91 Å². The Hall–Kier alpha value is -4.37. The molecule has 0 spiro atoms. The van der Waals surface area contributed by atoms with E-state index in [0.29, 0.717) is 17.0 Å². The number of hydrogen-bond donors (Lipinski definition) is 2. The summed E-state index contributed by atoms with van der Waals surface area (Å²) in [5.74, 6) is -0.319. The number of amides is 2. The lowest BCUT2D eigenvalue weighted by molar-refractivity contribution is -0.118. The number of nitriles is 1. The van der Waals surface area contributed by atoms with Gasteiger partial charge in [-0.1, -0.05) is 48.0 Å². The summed E-state index contributed by atoms with van der Waals surface area (Å²) in [6.45, 7) is 5.64. The molecule has 0 saturated heterocycles. The van der Waals surface area contributed by atoms with Crippen LogP contribution in [0.1, 0.15) is 22.3 Å². The largest absolute Gasteiger partial charge is 0.484 e. The average molecular weight is 440 g/mol. The average Bonchev–Trinajstić information content (AvgIpc) is 2.79. The van der Waals surface area contributed by atoms with E-state index in [1.54, 1.807) is 30.3 Å². The molecule has 166 valence electrons. The van der Waals surface area contributed by atoms with Gasteiger partial charge in [-0.3, -0.25) is 9.59 Å². The first-order chi connectivity index (χ1) is 15.9. The van der Waals surface area contributed by atoms with Crippen LogP contribution in [0, 0.1) is 32.1 Å². The molecule has 0 aliphatic rings. The van der Waals surface area contributed by atoms with Gasteiger partial charge in [-0.15, -0.1) is 0 Å². The van der Waals surface area contributed by atoms with Gasteiger partial charge in [0.25, 0.3) is 11.8 Å². The highest BCUT2D eigenvalue weighted by atomic mass is 16.5. The number of benzene rings is 3. The first-order valence-corrected chi connectivity index (χ1v) is 10.4. The van der Waals surface area contributed by atoms with Crippen LogP contribution < -0.4 is 15.4 Å². The fourth-order valence-corrected chi connectivity index (χ4v) is 3.20. The Morgan fingerprint density at radius 3 is 2.39 bits per heavy atom. The first-order valence-electron chi connectivity index (χ1n) is 10.4. The Bertz CT molecular complexity index is 1260. The number of hydrogen-bond acceptors (Lipinski definition) is 4. The third-order valence-electron chi connectivity index (χ3n) is 4.95. The molecule has 0 aliphatic carbocycles. The molecular formula is C27H25N3O3. The van der Waals surface area contributed by atoms with Crippen molar-refractivity contribution in [2.45, 2.75) is 20.8 Å². The summed E-state index contributed by atoms with van der Waals surface area (Å²) >= 11 is 0. The Morgan fingerprint density at radius 2 is 1.67 bits per heavy atom. The van der Waals surface area contributed by atoms with Crippen molar-refractivity contribution in [1.29, 1.82) is 5.26 Å². The zero-order chi connectivity index (χ0) is 23.8. The predicted molar refractivity (Wildman–Crippen MR) is 130 cm³/mol. The number of anilines is 2. The van der Waals surface area contributed by atoms with Crippen LogP contribution >= 0.6 is 0 Å². The normalized spacial score (nSPS) is 10.8. The Morgan fingerprint density at radius 1 is 0.909 bits per heavy atom. The smallest absolute Gasteiger partial charge is 0.266 e. The second kappa shape index (κ2) is 10.8. The van der Waals surface area contributed by atoms with Crippen LogP contribution in [-0.2, 0) is 9.59 Å². The molecule has 3 aromatic rings. The van der Waals surface area contributed by atoms with Crippen molar-refractivity contribution in [2.75, 3.05) is 17.2 Å². The quantitative estimate of drug-likeness (QED) is 0.392. The summed E-state index contributed by atoms with van der Waals surface area (Å²) in [6, 6.07) is 21.9. The SMILES string of the molecule is Cc1ccc(NC(=O)COc2cccc(/C=C(/C#N)C(=O)Nc3ccccc3C)c2)c(C)c1. The van der Waals surface area contributed by atoms with Crippen LogP contribution in [-0.4, -0.2) is 18.4 Å². The zero-order valence-corrected chi connectivity index (χ0v) is 18.8. The van der Waals surface area contributed by atoms with Crippen LogP contribution in [0.3, 0.4) is 0 Å². The molecular weight excluding hydrogens is 414 g/mol. The van der Waals surface area contributed by atoms with Crippen LogP contribution in [0.25, 0.3) is 6.08 Å². The van der Waals surface area contributed by atoms with Gasteiger partial charge in [0.05, 0.1) is 0 Å². The molecule has 0 radical (unpaired) electrons. The van der Waals surface area contributed by atoms with Crippen molar-refractivity contribution in [1.82, 2.24) is 0 Å². The molecule has 2 N–H and O–H groups in total. The third kappa shape index (κ3) is 6.55. The lowest BCUT2D eigenvalue weighted by Crippen LogP contribution is -2.20. The molecule has 2 amide bonds. The van der Waals surface area contributed by atoms with Gasteiger partial charge in [0.1, 0.15) is 17.4 Å². The Labute approximate surface area is 193 Å². The highest BCUT2D eigenvalue weighted by molar-refractivity contribution is 6.10. The van der Waals surface area contributed by atoms with Crippen molar-refractivity contribution >= 4 is 29.3 Å². The zero-order valence-electron chi connectivity index (χ0n) is 18.8. The molecule has 0 unspecified atom stereocenters. The lowest BCUT2D eigenvalue weighted by atomic mass is 10.1. The molecule has 0 saturated carbocycles. The Balaban J connectivity index is 1.64. The number of carbonyl (C=O) groups excluding carboxylic acids is 2. The molecule has 0 heterocycles. The summed E-state index contributed by atoms with van der Waals surface area (Å²) < 4.78 is 5.61.